The number of ether oxygens (including phenoxy) is 1. The predicted octanol–water partition coefficient (Wildman–Crippen LogP) is 3.71. The minimum absolute atomic E-state index is 0.0257. The summed E-state index contributed by atoms with van der Waals surface area (Å²) in [5.41, 5.74) is 1.82. The second kappa shape index (κ2) is 8.07. The SMILES string of the molecule is COc1cccc(-n2c(S[C@@H]3CCCCNC3=O)nc3sc4c(c3c2=O)CCC4)c1. The van der Waals surface area contributed by atoms with E-state index in [1.165, 1.54) is 16.6 Å². The van der Waals surface area contributed by atoms with Crippen LogP contribution in [0.15, 0.2) is 34.2 Å². The zero-order chi connectivity index (χ0) is 20.7. The van der Waals surface area contributed by atoms with Crippen LogP contribution in [0.25, 0.3) is 15.9 Å². The number of thiophene rings is 1. The molecule has 0 saturated carbocycles. The number of aromatic nitrogens is 2. The predicted molar refractivity (Wildman–Crippen MR) is 120 cm³/mol. The Morgan fingerprint density at radius 2 is 2.13 bits per heavy atom. The highest BCUT2D eigenvalue weighted by Gasteiger charge is 2.28. The number of benzene rings is 1. The number of methoxy groups -OCH3 is 1. The molecular formula is C22H23N3O3S2. The Labute approximate surface area is 182 Å². The molecule has 2 aromatic heterocycles. The molecule has 8 heteroatoms. The molecule has 0 spiro atoms. The summed E-state index contributed by atoms with van der Waals surface area (Å²) in [6.07, 6.45) is 5.78. The summed E-state index contributed by atoms with van der Waals surface area (Å²) in [7, 11) is 1.61. The van der Waals surface area contributed by atoms with E-state index in [0.717, 1.165) is 54.3 Å². The third kappa shape index (κ3) is 3.41. The number of hydrogen-bond acceptors (Lipinski definition) is 6. The lowest BCUT2D eigenvalue weighted by Gasteiger charge is -2.17. The smallest absolute Gasteiger partial charge is 0.267 e. The lowest BCUT2D eigenvalue weighted by atomic mass is 10.2. The van der Waals surface area contributed by atoms with E-state index in [0.29, 0.717) is 23.1 Å². The van der Waals surface area contributed by atoms with Gasteiger partial charge in [0.2, 0.25) is 5.91 Å². The van der Waals surface area contributed by atoms with Crippen LogP contribution in [0.5, 0.6) is 5.75 Å². The Morgan fingerprint density at radius 3 is 3.00 bits per heavy atom. The second-order valence-electron chi connectivity index (χ2n) is 7.67. The van der Waals surface area contributed by atoms with E-state index >= 15 is 0 Å². The van der Waals surface area contributed by atoms with Crippen LogP contribution in [0.1, 0.15) is 36.1 Å². The minimum atomic E-state index is -0.250. The fourth-order valence-corrected chi connectivity index (χ4v) is 6.71. The first-order valence-corrected chi connectivity index (χ1v) is 12.0. The summed E-state index contributed by atoms with van der Waals surface area (Å²) in [6, 6.07) is 7.46. The first-order chi connectivity index (χ1) is 14.7. The quantitative estimate of drug-likeness (QED) is 0.625. The van der Waals surface area contributed by atoms with Gasteiger partial charge >= 0.3 is 0 Å². The van der Waals surface area contributed by atoms with Crippen LogP contribution >= 0.6 is 23.1 Å². The van der Waals surface area contributed by atoms with Crippen molar-refractivity contribution in [1.29, 1.82) is 0 Å². The Bertz CT molecular complexity index is 1180. The van der Waals surface area contributed by atoms with E-state index in [1.807, 2.05) is 24.3 Å². The second-order valence-corrected chi connectivity index (χ2v) is 9.92. The Hall–Kier alpha value is -2.32. The van der Waals surface area contributed by atoms with Crippen molar-refractivity contribution in [3.8, 4) is 11.4 Å². The molecule has 1 aromatic carbocycles. The van der Waals surface area contributed by atoms with Crippen LogP contribution in [0.2, 0.25) is 0 Å². The van der Waals surface area contributed by atoms with Gasteiger partial charge in [0, 0.05) is 17.5 Å². The maximum atomic E-state index is 13.7. The number of nitrogens with one attached hydrogen (secondary N) is 1. The molecule has 0 radical (unpaired) electrons. The molecule has 3 heterocycles. The van der Waals surface area contributed by atoms with Crippen molar-refractivity contribution in [2.75, 3.05) is 13.7 Å². The van der Waals surface area contributed by atoms with Crippen molar-refractivity contribution in [3.05, 3.63) is 45.1 Å². The van der Waals surface area contributed by atoms with Crippen LogP contribution in [-0.4, -0.2) is 34.4 Å². The van der Waals surface area contributed by atoms with Gasteiger partial charge in [-0.1, -0.05) is 24.2 Å². The van der Waals surface area contributed by atoms with Crippen LogP contribution in [0, 0.1) is 0 Å². The highest BCUT2D eigenvalue weighted by Crippen LogP contribution is 2.37. The van der Waals surface area contributed by atoms with Gasteiger partial charge in [0.25, 0.3) is 5.56 Å². The van der Waals surface area contributed by atoms with Gasteiger partial charge in [-0.25, -0.2) is 4.98 Å². The van der Waals surface area contributed by atoms with Crippen molar-refractivity contribution < 1.29 is 9.53 Å². The van der Waals surface area contributed by atoms with Gasteiger partial charge in [-0.05, 0) is 49.8 Å². The number of fused-ring (bicyclic) bond motifs is 3. The molecule has 1 atom stereocenters. The van der Waals surface area contributed by atoms with Crippen molar-refractivity contribution in [3.63, 3.8) is 0 Å². The van der Waals surface area contributed by atoms with Crippen LogP contribution in [0.3, 0.4) is 0 Å². The number of rotatable bonds is 4. The van der Waals surface area contributed by atoms with Gasteiger partial charge in [0.15, 0.2) is 5.16 Å². The average Bonchev–Trinajstić information content (AvgIpc) is 3.27. The average molecular weight is 442 g/mol. The maximum absolute atomic E-state index is 13.7. The molecular weight excluding hydrogens is 418 g/mol. The lowest BCUT2D eigenvalue weighted by molar-refractivity contribution is -0.120. The summed E-state index contributed by atoms with van der Waals surface area (Å²) in [5, 5.41) is 4.05. The number of carbonyl (C=O) groups excluding carboxylic acids is 1. The topological polar surface area (TPSA) is 73.2 Å². The Morgan fingerprint density at radius 1 is 1.23 bits per heavy atom. The highest BCUT2D eigenvalue weighted by atomic mass is 32.2. The largest absolute Gasteiger partial charge is 0.497 e. The first kappa shape index (κ1) is 19.6. The molecule has 156 valence electrons. The van der Waals surface area contributed by atoms with E-state index in [1.54, 1.807) is 23.0 Å². The van der Waals surface area contributed by atoms with Crippen LogP contribution in [0.4, 0.5) is 0 Å². The number of thioether (sulfide) groups is 1. The fraction of sp³-hybridized carbons (Fsp3) is 0.409. The van der Waals surface area contributed by atoms with E-state index in [2.05, 4.69) is 5.32 Å². The third-order valence-corrected chi connectivity index (χ3v) is 8.16. The monoisotopic (exact) mass is 441 g/mol. The molecule has 0 bridgehead atoms. The van der Waals surface area contributed by atoms with Gasteiger partial charge in [-0.3, -0.25) is 14.2 Å². The lowest BCUT2D eigenvalue weighted by Crippen LogP contribution is -2.31. The summed E-state index contributed by atoms with van der Waals surface area (Å²) in [6.45, 7) is 0.711. The zero-order valence-corrected chi connectivity index (χ0v) is 18.4. The summed E-state index contributed by atoms with van der Waals surface area (Å²) < 4.78 is 7.05. The molecule has 0 unspecified atom stereocenters. The van der Waals surface area contributed by atoms with Crippen molar-refractivity contribution >= 4 is 39.2 Å². The van der Waals surface area contributed by atoms with Gasteiger partial charge in [0.05, 0.1) is 23.4 Å². The molecule has 1 saturated heterocycles. The summed E-state index contributed by atoms with van der Waals surface area (Å²) in [5.74, 6) is 0.705. The van der Waals surface area contributed by atoms with E-state index in [9.17, 15) is 9.59 Å². The fourth-order valence-electron chi connectivity index (χ4n) is 4.23. The van der Waals surface area contributed by atoms with E-state index in [-0.39, 0.29) is 16.7 Å². The minimum Gasteiger partial charge on any atom is -0.497 e. The number of carbonyl (C=O) groups is 1. The van der Waals surface area contributed by atoms with Crippen molar-refractivity contribution in [2.45, 2.75) is 48.9 Å². The molecule has 1 N–H and O–H groups in total. The van der Waals surface area contributed by atoms with Crippen LogP contribution in [-0.2, 0) is 17.6 Å². The molecule has 6 nitrogen and oxygen atoms in total. The van der Waals surface area contributed by atoms with Crippen LogP contribution < -0.4 is 15.6 Å². The van der Waals surface area contributed by atoms with Crippen molar-refractivity contribution in [2.24, 2.45) is 0 Å². The molecule has 1 fully saturated rings. The molecule has 30 heavy (non-hydrogen) atoms. The number of amides is 1. The molecule has 2 aliphatic rings. The maximum Gasteiger partial charge on any atom is 0.267 e. The first-order valence-electron chi connectivity index (χ1n) is 10.3. The molecule has 5 rings (SSSR count). The Balaban J connectivity index is 1.69. The van der Waals surface area contributed by atoms with Crippen molar-refractivity contribution in [1.82, 2.24) is 14.9 Å². The van der Waals surface area contributed by atoms with E-state index in [4.69, 9.17) is 9.72 Å². The standard InChI is InChI=1S/C22H23N3O3S2/c1-28-14-7-4-6-13(12-14)25-21(27)18-15-8-5-10-16(15)29-20(18)24-22(25)30-17-9-2-3-11-23-19(17)26/h4,6-7,12,17H,2-3,5,8-11H2,1H3,(H,23,26)/t17-/m1/s1. The molecule has 3 aromatic rings. The molecule has 1 amide bonds. The van der Waals surface area contributed by atoms with Gasteiger partial charge in [-0.15, -0.1) is 11.3 Å². The highest BCUT2D eigenvalue weighted by molar-refractivity contribution is 8.00. The van der Waals surface area contributed by atoms with Gasteiger partial charge in [0.1, 0.15) is 10.6 Å². The number of nitrogens with zero attached hydrogens (tertiary/aromatic N) is 2. The van der Waals surface area contributed by atoms with Gasteiger partial charge < -0.3 is 10.1 Å². The van der Waals surface area contributed by atoms with E-state index < -0.39 is 0 Å². The summed E-state index contributed by atoms with van der Waals surface area (Å²) >= 11 is 3.03. The summed E-state index contributed by atoms with van der Waals surface area (Å²) in [4.78, 5) is 33.3. The number of aryl methyl sites for hydroxylation is 2. The molecule has 1 aliphatic heterocycles. The van der Waals surface area contributed by atoms with Gasteiger partial charge in [-0.2, -0.15) is 0 Å². The normalized spacial score (nSPS) is 18.8. The third-order valence-electron chi connectivity index (χ3n) is 5.75. The number of hydrogen-bond donors (Lipinski definition) is 1. The molecule has 1 aliphatic carbocycles. The zero-order valence-electron chi connectivity index (χ0n) is 16.8. The Kier molecular flexibility index (Phi) is 5.28.